The van der Waals surface area contributed by atoms with Crippen LogP contribution in [0.5, 0.6) is 0 Å². The van der Waals surface area contributed by atoms with E-state index in [4.69, 9.17) is 5.73 Å². The molecule has 0 aliphatic heterocycles. The van der Waals surface area contributed by atoms with Crippen LogP contribution < -0.4 is 16.4 Å². The Bertz CT molecular complexity index is 418. The van der Waals surface area contributed by atoms with Crippen LogP contribution in [0.1, 0.15) is 24.1 Å². The molecule has 0 spiro atoms. The molecule has 0 radical (unpaired) electrons. The first-order valence-corrected chi connectivity index (χ1v) is 5.39. The van der Waals surface area contributed by atoms with Crippen molar-refractivity contribution >= 4 is 11.9 Å². The number of aryl methyl sites for hydroxylation is 1. The summed E-state index contributed by atoms with van der Waals surface area (Å²) in [4.78, 5) is 21.6. The number of amides is 3. The average molecular weight is 235 g/mol. The van der Waals surface area contributed by atoms with Crippen LogP contribution in [-0.2, 0) is 4.79 Å². The molecule has 5 heteroatoms. The van der Waals surface area contributed by atoms with Gasteiger partial charge in [0.1, 0.15) is 0 Å². The van der Waals surface area contributed by atoms with Gasteiger partial charge in [-0.05, 0) is 25.0 Å². The van der Waals surface area contributed by atoms with Crippen LogP contribution in [-0.4, -0.2) is 18.5 Å². The molecule has 5 nitrogen and oxygen atoms in total. The van der Waals surface area contributed by atoms with E-state index in [1.807, 2.05) is 43.4 Å². The van der Waals surface area contributed by atoms with E-state index in [1.54, 1.807) is 0 Å². The Kier molecular flexibility index (Phi) is 4.66. The summed E-state index contributed by atoms with van der Waals surface area (Å²) >= 11 is 0. The fourth-order valence-electron chi connectivity index (χ4n) is 1.61. The van der Waals surface area contributed by atoms with Crippen LogP contribution in [0.4, 0.5) is 4.79 Å². The third-order valence-electron chi connectivity index (χ3n) is 2.49. The zero-order valence-corrected chi connectivity index (χ0v) is 9.99. The number of hydrogen-bond acceptors (Lipinski definition) is 3. The number of imide groups is 1. The summed E-state index contributed by atoms with van der Waals surface area (Å²) in [6, 6.07) is 7.13. The van der Waals surface area contributed by atoms with Crippen molar-refractivity contribution in [2.45, 2.75) is 19.9 Å². The van der Waals surface area contributed by atoms with Gasteiger partial charge in [0.25, 0.3) is 0 Å². The van der Waals surface area contributed by atoms with Gasteiger partial charge in [0, 0.05) is 6.04 Å². The SMILES string of the molecule is Cc1ccccc1C(C)NCC(=O)NC(N)=O. The zero-order chi connectivity index (χ0) is 12.8. The van der Waals surface area contributed by atoms with E-state index >= 15 is 0 Å². The van der Waals surface area contributed by atoms with E-state index in [0.717, 1.165) is 11.1 Å². The van der Waals surface area contributed by atoms with Crippen molar-refractivity contribution in [2.75, 3.05) is 6.54 Å². The Morgan fingerprint density at radius 2 is 2.00 bits per heavy atom. The second-order valence-electron chi connectivity index (χ2n) is 3.87. The highest BCUT2D eigenvalue weighted by Gasteiger charge is 2.10. The van der Waals surface area contributed by atoms with Gasteiger partial charge in [-0.1, -0.05) is 24.3 Å². The molecular weight excluding hydrogens is 218 g/mol. The van der Waals surface area contributed by atoms with Crippen molar-refractivity contribution in [3.63, 3.8) is 0 Å². The Morgan fingerprint density at radius 3 is 2.59 bits per heavy atom. The first-order valence-electron chi connectivity index (χ1n) is 5.39. The van der Waals surface area contributed by atoms with Gasteiger partial charge < -0.3 is 11.1 Å². The number of primary amides is 1. The summed E-state index contributed by atoms with van der Waals surface area (Å²) < 4.78 is 0. The highest BCUT2D eigenvalue weighted by Crippen LogP contribution is 2.15. The topological polar surface area (TPSA) is 84.2 Å². The molecule has 3 amide bonds. The molecule has 0 aliphatic carbocycles. The van der Waals surface area contributed by atoms with E-state index in [-0.39, 0.29) is 12.6 Å². The Balaban J connectivity index is 2.50. The summed E-state index contributed by atoms with van der Waals surface area (Å²) in [5.41, 5.74) is 7.12. The monoisotopic (exact) mass is 235 g/mol. The standard InChI is InChI=1S/C12H17N3O2/c1-8-5-3-4-6-10(8)9(2)14-7-11(16)15-12(13)17/h3-6,9,14H,7H2,1-2H3,(H3,13,15,16,17). The third kappa shape index (κ3) is 4.24. The Labute approximate surface area is 100 Å². The summed E-state index contributed by atoms with van der Waals surface area (Å²) in [7, 11) is 0. The molecule has 1 aromatic carbocycles. The van der Waals surface area contributed by atoms with Crippen LogP contribution in [0, 0.1) is 6.92 Å². The van der Waals surface area contributed by atoms with Crippen molar-refractivity contribution < 1.29 is 9.59 Å². The number of nitrogens with one attached hydrogen (secondary N) is 2. The summed E-state index contributed by atoms with van der Waals surface area (Å²) in [6.45, 7) is 4.02. The summed E-state index contributed by atoms with van der Waals surface area (Å²) in [6.07, 6.45) is 0. The molecule has 4 N–H and O–H groups in total. The van der Waals surface area contributed by atoms with Gasteiger partial charge in [0.15, 0.2) is 0 Å². The molecule has 0 aliphatic rings. The third-order valence-corrected chi connectivity index (χ3v) is 2.49. The minimum atomic E-state index is -0.833. The van der Waals surface area contributed by atoms with Gasteiger partial charge in [-0.2, -0.15) is 0 Å². The lowest BCUT2D eigenvalue weighted by molar-refractivity contribution is -0.119. The fraction of sp³-hybridized carbons (Fsp3) is 0.333. The maximum Gasteiger partial charge on any atom is 0.318 e. The molecule has 0 fully saturated rings. The number of benzene rings is 1. The number of hydrogen-bond donors (Lipinski definition) is 3. The van der Waals surface area contributed by atoms with E-state index in [2.05, 4.69) is 5.32 Å². The van der Waals surface area contributed by atoms with E-state index < -0.39 is 11.9 Å². The zero-order valence-electron chi connectivity index (χ0n) is 9.99. The molecule has 1 rings (SSSR count). The van der Waals surface area contributed by atoms with Crippen LogP contribution >= 0.6 is 0 Å². The molecular formula is C12H17N3O2. The number of carbonyl (C=O) groups excluding carboxylic acids is 2. The van der Waals surface area contributed by atoms with E-state index in [0.29, 0.717) is 0 Å². The molecule has 0 heterocycles. The van der Waals surface area contributed by atoms with E-state index in [9.17, 15) is 9.59 Å². The van der Waals surface area contributed by atoms with Crippen LogP contribution in [0.3, 0.4) is 0 Å². The van der Waals surface area contributed by atoms with Crippen molar-refractivity contribution in [1.29, 1.82) is 0 Å². The first kappa shape index (κ1) is 13.2. The van der Waals surface area contributed by atoms with Crippen molar-refractivity contribution in [3.8, 4) is 0 Å². The average Bonchev–Trinajstić information content (AvgIpc) is 2.25. The van der Waals surface area contributed by atoms with Crippen molar-refractivity contribution in [1.82, 2.24) is 10.6 Å². The molecule has 92 valence electrons. The maximum atomic E-state index is 11.2. The molecule has 1 atom stereocenters. The van der Waals surface area contributed by atoms with Gasteiger partial charge in [-0.15, -0.1) is 0 Å². The second kappa shape index (κ2) is 6.00. The van der Waals surface area contributed by atoms with Gasteiger partial charge in [-0.3, -0.25) is 10.1 Å². The van der Waals surface area contributed by atoms with E-state index in [1.165, 1.54) is 0 Å². The highest BCUT2D eigenvalue weighted by atomic mass is 16.2. The predicted molar refractivity (Wildman–Crippen MR) is 65.3 cm³/mol. The Morgan fingerprint density at radius 1 is 1.35 bits per heavy atom. The summed E-state index contributed by atoms with van der Waals surface area (Å²) in [5, 5.41) is 5.03. The van der Waals surface area contributed by atoms with Gasteiger partial charge in [-0.25, -0.2) is 4.79 Å². The largest absolute Gasteiger partial charge is 0.351 e. The fourth-order valence-corrected chi connectivity index (χ4v) is 1.61. The highest BCUT2D eigenvalue weighted by molar-refractivity contribution is 5.94. The lowest BCUT2D eigenvalue weighted by Crippen LogP contribution is -2.41. The molecule has 0 saturated heterocycles. The second-order valence-corrected chi connectivity index (χ2v) is 3.87. The molecule has 0 bridgehead atoms. The number of urea groups is 1. The van der Waals surface area contributed by atoms with Gasteiger partial charge in [0.2, 0.25) is 5.91 Å². The normalized spacial score (nSPS) is 11.9. The minimum Gasteiger partial charge on any atom is -0.351 e. The lowest BCUT2D eigenvalue weighted by Gasteiger charge is -2.15. The molecule has 1 unspecified atom stereocenters. The van der Waals surface area contributed by atoms with Crippen LogP contribution in [0.15, 0.2) is 24.3 Å². The lowest BCUT2D eigenvalue weighted by atomic mass is 10.0. The molecule has 0 saturated carbocycles. The first-order chi connectivity index (χ1) is 8.00. The molecule has 1 aromatic rings. The number of carbonyl (C=O) groups is 2. The molecule has 0 aromatic heterocycles. The van der Waals surface area contributed by atoms with Crippen molar-refractivity contribution in [3.05, 3.63) is 35.4 Å². The van der Waals surface area contributed by atoms with Gasteiger partial charge in [0.05, 0.1) is 6.54 Å². The molecule has 17 heavy (non-hydrogen) atoms. The van der Waals surface area contributed by atoms with Crippen LogP contribution in [0.2, 0.25) is 0 Å². The number of nitrogens with two attached hydrogens (primary N) is 1. The Hall–Kier alpha value is -1.88. The quantitative estimate of drug-likeness (QED) is 0.723. The predicted octanol–water partition coefficient (Wildman–Crippen LogP) is 0.841. The maximum absolute atomic E-state index is 11.2. The summed E-state index contributed by atoms with van der Waals surface area (Å²) in [5.74, 6) is -0.432. The minimum absolute atomic E-state index is 0.0369. The number of rotatable bonds is 4. The van der Waals surface area contributed by atoms with Crippen LogP contribution in [0.25, 0.3) is 0 Å². The van der Waals surface area contributed by atoms with Gasteiger partial charge >= 0.3 is 6.03 Å². The van der Waals surface area contributed by atoms with Crippen molar-refractivity contribution in [2.24, 2.45) is 5.73 Å². The smallest absolute Gasteiger partial charge is 0.318 e.